The average molecular weight is 298 g/mol. The first-order valence-corrected chi connectivity index (χ1v) is 5.91. The number of aryl methyl sites for hydroxylation is 2. The summed E-state index contributed by atoms with van der Waals surface area (Å²) in [4.78, 5) is 14.6. The minimum absolute atomic E-state index is 0.157. The summed E-state index contributed by atoms with van der Waals surface area (Å²) < 4.78 is 5.87. The molecule has 0 aliphatic heterocycles. The molecule has 0 aromatic carbocycles. The van der Waals surface area contributed by atoms with Gasteiger partial charge in [0.15, 0.2) is 0 Å². The highest BCUT2D eigenvalue weighted by molar-refractivity contribution is 9.10. The summed E-state index contributed by atoms with van der Waals surface area (Å²) >= 11 is 3.28. The highest BCUT2D eigenvalue weighted by Gasteiger charge is 2.12. The van der Waals surface area contributed by atoms with Crippen LogP contribution in [0.15, 0.2) is 21.3 Å². The first kappa shape index (κ1) is 11.9. The lowest BCUT2D eigenvalue weighted by molar-refractivity contribution is 0.0946. The summed E-state index contributed by atoms with van der Waals surface area (Å²) in [5, 5.41) is 6.63. The third-order valence-corrected chi connectivity index (χ3v) is 2.96. The Kier molecular flexibility index (Phi) is 3.33. The Hall–Kier alpha value is -1.56. The van der Waals surface area contributed by atoms with E-state index in [0.29, 0.717) is 12.2 Å². The lowest BCUT2D eigenvalue weighted by atomic mass is 10.2. The van der Waals surface area contributed by atoms with Crippen LogP contribution in [0.5, 0.6) is 0 Å². The van der Waals surface area contributed by atoms with E-state index in [2.05, 4.69) is 31.4 Å². The van der Waals surface area contributed by atoms with Crippen LogP contribution in [0.2, 0.25) is 0 Å². The van der Waals surface area contributed by atoms with E-state index in [1.165, 1.54) is 0 Å². The molecule has 2 heterocycles. The Balaban J connectivity index is 2.02. The second-order valence-corrected chi connectivity index (χ2v) is 4.63. The highest BCUT2D eigenvalue weighted by atomic mass is 79.9. The molecule has 0 saturated heterocycles. The number of halogens is 1. The van der Waals surface area contributed by atoms with Gasteiger partial charge >= 0.3 is 0 Å². The van der Waals surface area contributed by atoms with Crippen molar-refractivity contribution in [2.45, 2.75) is 20.4 Å². The van der Waals surface area contributed by atoms with E-state index >= 15 is 0 Å². The van der Waals surface area contributed by atoms with Crippen LogP contribution < -0.4 is 5.32 Å². The molecule has 5 nitrogen and oxygen atoms in total. The third-order valence-electron chi connectivity index (χ3n) is 2.50. The fourth-order valence-electron chi connectivity index (χ4n) is 1.52. The number of nitrogens with zero attached hydrogens (tertiary/aromatic N) is 1. The molecule has 0 aliphatic carbocycles. The maximum atomic E-state index is 11.8. The van der Waals surface area contributed by atoms with E-state index in [1.807, 2.05) is 13.8 Å². The van der Waals surface area contributed by atoms with Crippen LogP contribution in [0.1, 0.15) is 27.5 Å². The summed E-state index contributed by atoms with van der Waals surface area (Å²) in [6.45, 7) is 4.09. The first-order chi connectivity index (χ1) is 8.08. The standard InChI is InChI=1S/C11H12BrN3O2/c1-6-9(7(2)17-15-6)5-14-11(16)10-3-8(12)4-13-10/h3-4,13H,5H2,1-2H3,(H,14,16). The van der Waals surface area contributed by atoms with Crippen molar-refractivity contribution in [3.8, 4) is 0 Å². The molecule has 0 radical (unpaired) electrons. The quantitative estimate of drug-likeness (QED) is 0.913. The Labute approximate surface area is 107 Å². The molecule has 2 N–H and O–H groups in total. The fourth-order valence-corrected chi connectivity index (χ4v) is 1.86. The smallest absolute Gasteiger partial charge is 0.268 e. The van der Waals surface area contributed by atoms with Crippen molar-refractivity contribution in [3.05, 3.63) is 39.4 Å². The molecule has 0 saturated carbocycles. The Morgan fingerprint density at radius 2 is 2.35 bits per heavy atom. The maximum Gasteiger partial charge on any atom is 0.268 e. The average Bonchev–Trinajstić information content (AvgIpc) is 2.84. The van der Waals surface area contributed by atoms with Gasteiger partial charge in [-0.2, -0.15) is 0 Å². The van der Waals surface area contributed by atoms with E-state index < -0.39 is 0 Å². The molecule has 2 aromatic rings. The number of rotatable bonds is 3. The number of aromatic amines is 1. The van der Waals surface area contributed by atoms with E-state index in [-0.39, 0.29) is 5.91 Å². The van der Waals surface area contributed by atoms with Crippen LogP contribution in [0.3, 0.4) is 0 Å². The second kappa shape index (κ2) is 4.75. The van der Waals surface area contributed by atoms with Gasteiger partial charge in [0.1, 0.15) is 11.5 Å². The summed E-state index contributed by atoms with van der Waals surface area (Å²) in [6, 6.07) is 1.72. The van der Waals surface area contributed by atoms with Gasteiger partial charge in [-0.1, -0.05) is 5.16 Å². The molecule has 2 aromatic heterocycles. The van der Waals surface area contributed by atoms with Crippen LogP contribution in [-0.2, 0) is 6.54 Å². The zero-order valence-corrected chi connectivity index (χ0v) is 11.1. The van der Waals surface area contributed by atoms with Crippen molar-refractivity contribution in [2.24, 2.45) is 0 Å². The van der Waals surface area contributed by atoms with Gasteiger partial charge in [0.05, 0.1) is 5.69 Å². The van der Waals surface area contributed by atoms with E-state index in [9.17, 15) is 4.79 Å². The molecule has 90 valence electrons. The predicted molar refractivity (Wildman–Crippen MR) is 65.6 cm³/mol. The Bertz CT molecular complexity index is 525. The van der Waals surface area contributed by atoms with Crippen LogP contribution in [0, 0.1) is 13.8 Å². The molecule has 0 unspecified atom stereocenters. The van der Waals surface area contributed by atoms with Crippen molar-refractivity contribution in [3.63, 3.8) is 0 Å². The number of carbonyl (C=O) groups is 1. The summed E-state index contributed by atoms with van der Waals surface area (Å²) in [7, 11) is 0. The van der Waals surface area contributed by atoms with E-state index in [4.69, 9.17) is 4.52 Å². The number of amides is 1. The monoisotopic (exact) mass is 297 g/mol. The highest BCUT2D eigenvalue weighted by Crippen LogP contribution is 2.13. The van der Waals surface area contributed by atoms with E-state index in [1.54, 1.807) is 12.3 Å². The molecule has 0 bridgehead atoms. The molecular formula is C11H12BrN3O2. The van der Waals surface area contributed by atoms with Gasteiger partial charge in [-0.25, -0.2) is 0 Å². The maximum absolute atomic E-state index is 11.8. The third kappa shape index (κ3) is 2.58. The van der Waals surface area contributed by atoms with Crippen molar-refractivity contribution in [1.29, 1.82) is 0 Å². The summed E-state index contributed by atoms with van der Waals surface area (Å²) in [5.41, 5.74) is 2.24. The molecule has 0 fully saturated rings. The minimum Gasteiger partial charge on any atom is -0.361 e. The zero-order valence-electron chi connectivity index (χ0n) is 9.50. The van der Waals surface area contributed by atoms with Crippen molar-refractivity contribution >= 4 is 21.8 Å². The van der Waals surface area contributed by atoms with Gasteiger partial charge in [-0.15, -0.1) is 0 Å². The second-order valence-electron chi connectivity index (χ2n) is 3.72. The molecule has 6 heteroatoms. The van der Waals surface area contributed by atoms with Gasteiger partial charge in [-0.3, -0.25) is 4.79 Å². The molecule has 0 aliphatic rings. The lowest BCUT2D eigenvalue weighted by Crippen LogP contribution is -2.23. The Morgan fingerprint density at radius 3 is 2.88 bits per heavy atom. The van der Waals surface area contributed by atoms with Crippen LogP contribution in [0.25, 0.3) is 0 Å². The normalized spacial score (nSPS) is 10.5. The number of hydrogen-bond acceptors (Lipinski definition) is 3. The molecule has 0 atom stereocenters. The number of nitrogens with one attached hydrogen (secondary N) is 2. The van der Waals surface area contributed by atoms with Crippen molar-refractivity contribution < 1.29 is 9.32 Å². The fraction of sp³-hybridized carbons (Fsp3) is 0.273. The van der Waals surface area contributed by atoms with Gasteiger partial charge in [0.2, 0.25) is 0 Å². The number of carbonyl (C=O) groups excluding carboxylic acids is 1. The molecular weight excluding hydrogens is 286 g/mol. The first-order valence-electron chi connectivity index (χ1n) is 5.12. The largest absolute Gasteiger partial charge is 0.361 e. The van der Waals surface area contributed by atoms with Crippen molar-refractivity contribution in [2.75, 3.05) is 0 Å². The molecule has 2 rings (SSSR count). The molecule has 17 heavy (non-hydrogen) atoms. The van der Waals surface area contributed by atoms with Crippen molar-refractivity contribution in [1.82, 2.24) is 15.5 Å². The zero-order chi connectivity index (χ0) is 12.4. The van der Waals surface area contributed by atoms with Crippen LogP contribution in [0.4, 0.5) is 0 Å². The van der Waals surface area contributed by atoms with Gasteiger partial charge in [-0.05, 0) is 35.8 Å². The number of hydrogen-bond donors (Lipinski definition) is 2. The SMILES string of the molecule is Cc1noc(C)c1CNC(=O)c1cc(Br)c[nH]1. The van der Waals surface area contributed by atoms with Gasteiger partial charge in [0.25, 0.3) is 5.91 Å². The van der Waals surface area contributed by atoms with E-state index in [0.717, 1.165) is 21.5 Å². The molecule has 1 amide bonds. The van der Waals surface area contributed by atoms with Crippen LogP contribution in [-0.4, -0.2) is 16.0 Å². The lowest BCUT2D eigenvalue weighted by Gasteiger charge is -2.02. The minimum atomic E-state index is -0.157. The topological polar surface area (TPSA) is 70.9 Å². The van der Waals surface area contributed by atoms with Crippen LogP contribution >= 0.6 is 15.9 Å². The summed E-state index contributed by atoms with van der Waals surface area (Å²) in [6.07, 6.45) is 1.71. The van der Waals surface area contributed by atoms with Gasteiger partial charge < -0.3 is 14.8 Å². The molecule has 0 spiro atoms. The Morgan fingerprint density at radius 1 is 1.59 bits per heavy atom. The predicted octanol–water partition coefficient (Wildman–Crippen LogP) is 2.31. The van der Waals surface area contributed by atoms with Gasteiger partial charge in [0, 0.05) is 22.8 Å². The summed E-state index contributed by atoms with van der Waals surface area (Å²) in [5.74, 6) is 0.575. The number of aromatic nitrogens is 2. The number of H-pyrrole nitrogens is 1.